The minimum atomic E-state index is -0.434. The Balaban J connectivity index is 2.04. The molecule has 122 valence electrons. The van der Waals surface area contributed by atoms with Crippen LogP contribution in [0.1, 0.15) is 11.3 Å². The van der Waals surface area contributed by atoms with Gasteiger partial charge in [-0.15, -0.1) is 0 Å². The fourth-order valence-corrected chi connectivity index (χ4v) is 2.59. The van der Waals surface area contributed by atoms with E-state index in [2.05, 4.69) is 6.07 Å². The van der Waals surface area contributed by atoms with Crippen LogP contribution in [0.15, 0.2) is 66.9 Å². The molecule has 0 aliphatic carbocycles. The average Bonchev–Trinajstić information content (AvgIpc) is 3.09. The molecule has 6 heteroatoms. The molecule has 0 fully saturated rings. The average molecular weight is 350 g/mol. The first-order valence-corrected chi connectivity index (χ1v) is 7.76. The third-order valence-corrected chi connectivity index (χ3v) is 3.92. The standard InChI is InChI=1S/C19H12ClN3O2/c20-16-8-6-14(7-9-16)15(13-21)11-17-5-2-10-22(17)18-3-1-4-19(12-18)23(24)25/h1-12H/b15-11-. The predicted octanol–water partition coefficient (Wildman–Crippen LogP) is 5.10. The summed E-state index contributed by atoms with van der Waals surface area (Å²) in [4.78, 5) is 10.5. The van der Waals surface area contributed by atoms with Crippen molar-refractivity contribution in [1.29, 1.82) is 5.26 Å². The highest BCUT2D eigenvalue weighted by atomic mass is 35.5. The van der Waals surface area contributed by atoms with E-state index in [0.29, 0.717) is 16.3 Å². The Hall–Kier alpha value is -3.36. The van der Waals surface area contributed by atoms with E-state index < -0.39 is 4.92 Å². The van der Waals surface area contributed by atoms with Crippen LogP contribution >= 0.6 is 11.6 Å². The van der Waals surface area contributed by atoms with Gasteiger partial charge in [0.15, 0.2) is 0 Å². The molecule has 3 aromatic rings. The number of hydrogen-bond acceptors (Lipinski definition) is 3. The van der Waals surface area contributed by atoms with Crippen molar-refractivity contribution in [3.05, 3.63) is 93.3 Å². The Bertz CT molecular complexity index is 998. The molecule has 0 aliphatic heterocycles. The van der Waals surface area contributed by atoms with Gasteiger partial charge in [-0.1, -0.05) is 29.8 Å². The van der Waals surface area contributed by atoms with Crippen LogP contribution in [0.25, 0.3) is 17.3 Å². The number of rotatable bonds is 4. The summed E-state index contributed by atoms with van der Waals surface area (Å²) in [6.07, 6.45) is 3.53. The Morgan fingerprint density at radius 1 is 1.16 bits per heavy atom. The second-order valence-electron chi connectivity index (χ2n) is 5.26. The second kappa shape index (κ2) is 7.04. The van der Waals surface area contributed by atoms with E-state index in [1.165, 1.54) is 12.1 Å². The van der Waals surface area contributed by atoms with Crippen LogP contribution in [0.3, 0.4) is 0 Å². The lowest BCUT2D eigenvalue weighted by atomic mass is 10.1. The van der Waals surface area contributed by atoms with E-state index >= 15 is 0 Å². The van der Waals surface area contributed by atoms with Crippen molar-refractivity contribution in [2.24, 2.45) is 0 Å². The zero-order valence-corrected chi connectivity index (χ0v) is 13.7. The van der Waals surface area contributed by atoms with E-state index in [1.54, 1.807) is 53.2 Å². The monoisotopic (exact) mass is 349 g/mol. The molecule has 0 radical (unpaired) electrons. The topological polar surface area (TPSA) is 71.9 Å². The Morgan fingerprint density at radius 2 is 1.92 bits per heavy atom. The summed E-state index contributed by atoms with van der Waals surface area (Å²) < 4.78 is 1.79. The minimum absolute atomic E-state index is 0.0133. The number of hydrogen-bond donors (Lipinski definition) is 0. The molecule has 25 heavy (non-hydrogen) atoms. The number of aromatic nitrogens is 1. The molecule has 0 unspecified atom stereocenters. The summed E-state index contributed by atoms with van der Waals surface area (Å²) >= 11 is 5.89. The number of nitriles is 1. The van der Waals surface area contributed by atoms with Crippen molar-refractivity contribution in [3.8, 4) is 11.8 Å². The van der Waals surface area contributed by atoms with Crippen LogP contribution in [-0.2, 0) is 0 Å². The zero-order chi connectivity index (χ0) is 17.8. The fourth-order valence-electron chi connectivity index (χ4n) is 2.46. The molecule has 0 N–H and O–H groups in total. The molecule has 0 aliphatic rings. The molecule has 0 spiro atoms. The normalized spacial score (nSPS) is 11.1. The van der Waals surface area contributed by atoms with E-state index in [1.807, 2.05) is 12.1 Å². The SMILES string of the molecule is N#C/C(=C/c1cccn1-c1cccc([N+](=O)[O-])c1)c1ccc(Cl)cc1. The first-order chi connectivity index (χ1) is 12.1. The van der Waals surface area contributed by atoms with Gasteiger partial charge in [-0.3, -0.25) is 10.1 Å². The van der Waals surface area contributed by atoms with Gasteiger partial charge in [-0.05, 0) is 42.0 Å². The molecule has 0 amide bonds. The third kappa shape index (κ3) is 3.60. The zero-order valence-electron chi connectivity index (χ0n) is 13.0. The van der Waals surface area contributed by atoms with Crippen LogP contribution in [0.2, 0.25) is 5.02 Å². The van der Waals surface area contributed by atoms with Gasteiger partial charge in [-0.2, -0.15) is 5.26 Å². The van der Waals surface area contributed by atoms with Gasteiger partial charge >= 0.3 is 0 Å². The van der Waals surface area contributed by atoms with Gasteiger partial charge in [0.1, 0.15) is 0 Å². The molecule has 0 saturated carbocycles. The Labute approximate surface area is 149 Å². The Kier molecular flexibility index (Phi) is 4.64. The van der Waals surface area contributed by atoms with E-state index in [9.17, 15) is 15.4 Å². The van der Waals surface area contributed by atoms with E-state index in [4.69, 9.17) is 11.6 Å². The maximum atomic E-state index is 11.0. The maximum Gasteiger partial charge on any atom is 0.271 e. The molecule has 0 bridgehead atoms. The van der Waals surface area contributed by atoms with E-state index in [-0.39, 0.29) is 5.69 Å². The van der Waals surface area contributed by atoms with Crippen molar-refractivity contribution in [3.63, 3.8) is 0 Å². The van der Waals surface area contributed by atoms with Crippen molar-refractivity contribution >= 4 is 28.9 Å². The molecular formula is C19H12ClN3O2. The van der Waals surface area contributed by atoms with Crippen molar-refractivity contribution in [1.82, 2.24) is 4.57 Å². The van der Waals surface area contributed by atoms with Crippen molar-refractivity contribution < 1.29 is 4.92 Å². The van der Waals surface area contributed by atoms with Crippen molar-refractivity contribution in [2.45, 2.75) is 0 Å². The quantitative estimate of drug-likeness (QED) is 0.373. The highest BCUT2D eigenvalue weighted by Gasteiger charge is 2.09. The van der Waals surface area contributed by atoms with Gasteiger partial charge in [0.25, 0.3) is 5.69 Å². The number of non-ortho nitro benzene ring substituents is 1. The van der Waals surface area contributed by atoms with Crippen LogP contribution in [0.5, 0.6) is 0 Å². The van der Waals surface area contributed by atoms with Crippen LogP contribution in [-0.4, -0.2) is 9.49 Å². The molecule has 1 heterocycles. The lowest BCUT2D eigenvalue weighted by molar-refractivity contribution is -0.384. The van der Waals surface area contributed by atoms with Crippen molar-refractivity contribution in [2.75, 3.05) is 0 Å². The molecule has 3 rings (SSSR count). The highest BCUT2D eigenvalue weighted by Crippen LogP contribution is 2.23. The minimum Gasteiger partial charge on any atom is -0.317 e. The molecule has 2 aromatic carbocycles. The van der Waals surface area contributed by atoms with Gasteiger partial charge in [0, 0.05) is 29.0 Å². The third-order valence-electron chi connectivity index (χ3n) is 3.67. The number of allylic oxidation sites excluding steroid dienone is 1. The van der Waals surface area contributed by atoms with Gasteiger partial charge in [0.2, 0.25) is 0 Å². The molecule has 0 saturated heterocycles. The molecule has 1 aromatic heterocycles. The van der Waals surface area contributed by atoms with Crippen LogP contribution in [0, 0.1) is 21.4 Å². The van der Waals surface area contributed by atoms with Crippen LogP contribution < -0.4 is 0 Å². The highest BCUT2D eigenvalue weighted by molar-refractivity contribution is 6.30. The number of nitro benzene ring substituents is 1. The first kappa shape index (κ1) is 16.5. The van der Waals surface area contributed by atoms with Crippen LogP contribution in [0.4, 0.5) is 5.69 Å². The fraction of sp³-hybridized carbons (Fsp3) is 0. The number of halogens is 1. The number of nitro groups is 1. The largest absolute Gasteiger partial charge is 0.317 e. The maximum absolute atomic E-state index is 11.0. The van der Waals surface area contributed by atoms with Gasteiger partial charge < -0.3 is 4.57 Å². The smallest absolute Gasteiger partial charge is 0.271 e. The summed E-state index contributed by atoms with van der Waals surface area (Å²) in [6.45, 7) is 0. The molecular weight excluding hydrogens is 338 g/mol. The Morgan fingerprint density at radius 3 is 2.60 bits per heavy atom. The molecule has 5 nitrogen and oxygen atoms in total. The summed E-state index contributed by atoms with van der Waals surface area (Å²) in [5.41, 5.74) is 2.63. The van der Waals surface area contributed by atoms with E-state index in [0.717, 1.165) is 11.3 Å². The summed E-state index contributed by atoms with van der Waals surface area (Å²) in [6, 6.07) is 19.2. The second-order valence-corrected chi connectivity index (χ2v) is 5.69. The summed E-state index contributed by atoms with van der Waals surface area (Å²) in [7, 11) is 0. The molecule has 0 atom stereocenters. The number of benzene rings is 2. The lowest BCUT2D eigenvalue weighted by Crippen LogP contribution is -1.97. The number of nitrogens with zero attached hydrogens (tertiary/aromatic N) is 3. The summed E-state index contributed by atoms with van der Waals surface area (Å²) in [5, 5.41) is 21.0. The van der Waals surface area contributed by atoms with Gasteiger partial charge in [0.05, 0.1) is 22.3 Å². The lowest BCUT2D eigenvalue weighted by Gasteiger charge is -2.07. The summed E-state index contributed by atoms with van der Waals surface area (Å²) in [5.74, 6) is 0. The van der Waals surface area contributed by atoms with Gasteiger partial charge in [-0.25, -0.2) is 0 Å². The predicted molar refractivity (Wildman–Crippen MR) is 97.4 cm³/mol. The first-order valence-electron chi connectivity index (χ1n) is 7.38.